The van der Waals surface area contributed by atoms with Gasteiger partial charge in [-0.1, -0.05) is 99.5 Å². The molecule has 8 atom stereocenters. The minimum Gasteiger partial charge on any atom is -0.391 e. The second kappa shape index (κ2) is 34.6. The molecule has 22 heteroatoms. The zero-order chi connectivity index (χ0) is 61.3. The fourth-order valence-corrected chi connectivity index (χ4v) is 8.97. The highest BCUT2D eigenvalue weighted by atomic mass is 16.3. The first-order chi connectivity index (χ1) is 37.1. The van der Waals surface area contributed by atoms with E-state index in [9.17, 15) is 53.1 Å². The summed E-state index contributed by atoms with van der Waals surface area (Å²) in [4.78, 5) is 140. The van der Waals surface area contributed by atoms with Crippen molar-refractivity contribution >= 4 is 59.1 Å². The molecule has 2 unspecified atom stereocenters. The van der Waals surface area contributed by atoms with Gasteiger partial charge in [0.1, 0.15) is 46.8 Å². The first-order valence-electron chi connectivity index (χ1n) is 29.2. The van der Waals surface area contributed by atoms with Gasteiger partial charge in [-0.15, -0.1) is 0 Å². The van der Waals surface area contributed by atoms with E-state index in [1.165, 1.54) is 59.4 Å². The minimum atomic E-state index is -1.74. The van der Waals surface area contributed by atoms with E-state index in [-0.39, 0.29) is 67.8 Å². The highest BCUT2D eigenvalue weighted by molar-refractivity contribution is 6.00. The Morgan fingerprint density at radius 1 is 0.625 bits per heavy atom. The summed E-state index contributed by atoms with van der Waals surface area (Å²) in [5, 5.41) is 35.4. The van der Waals surface area contributed by atoms with E-state index in [0.29, 0.717) is 32.4 Å². The van der Waals surface area contributed by atoms with E-state index in [0.717, 1.165) is 38.5 Å². The van der Waals surface area contributed by atoms with E-state index < -0.39 is 100 Å². The highest BCUT2D eigenvalue weighted by Gasteiger charge is 2.41. The van der Waals surface area contributed by atoms with Crippen molar-refractivity contribution in [1.82, 2.24) is 57.7 Å². The van der Waals surface area contributed by atoms with Crippen LogP contribution in [0.4, 0.5) is 0 Å². The number of unbranched alkanes of at least 4 members (excludes halogenated alkanes) is 5. The Hall–Kier alpha value is -5.64. The average Bonchev–Trinajstić information content (AvgIpc) is 3.84. The lowest BCUT2D eigenvalue weighted by molar-refractivity contribution is -0.140. The Labute approximate surface area is 478 Å². The molecule has 10 N–H and O–H groups in total. The van der Waals surface area contributed by atoms with E-state index in [1.54, 1.807) is 0 Å². The van der Waals surface area contributed by atoms with Crippen LogP contribution in [-0.2, 0) is 47.9 Å². The van der Waals surface area contributed by atoms with Crippen LogP contribution in [0.25, 0.3) is 0 Å². The zero-order valence-electron chi connectivity index (χ0n) is 51.7. The van der Waals surface area contributed by atoms with Gasteiger partial charge in [-0.3, -0.25) is 47.9 Å². The second-order valence-electron chi connectivity index (χ2n) is 24.7. The molecule has 80 heavy (non-hydrogen) atoms. The first kappa shape index (κ1) is 72.4. The summed E-state index contributed by atoms with van der Waals surface area (Å²) in [6.07, 6.45) is 9.64. The largest absolute Gasteiger partial charge is 0.391 e. The van der Waals surface area contributed by atoms with Crippen molar-refractivity contribution < 1.29 is 53.1 Å². The molecule has 1 heterocycles. The number of nitrogens with one attached hydrogen (secondary N) is 9. The van der Waals surface area contributed by atoms with Gasteiger partial charge < -0.3 is 62.8 Å². The van der Waals surface area contributed by atoms with Crippen LogP contribution in [-0.4, -0.2) is 167 Å². The fourth-order valence-electron chi connectivity index (χ4n) is 8.97. The molecule has 1 aliphatic rings. The van der Waals surface area contributed by atoms with Crippen LogP contribution >= 0.6 is 0 Å². The molecule has 0 aromatic rings. The summed E-state index contributed by atoms with van der Waals surface area (Å²) in [6.45, 7) is 26.3. The third kappa shape index (κ3) is 26.3. The number of carbonyl (C=O) groups is 10. The van der Waals surface area contributed by atoms with Crippen molar-refractivity contribution in [2.24, 2.45) is 17.8 Å². The molecule has 0 aromatic carbocycles. The second-order valence-corrected chi connectivity index (χ2v) is 24.7. The maximum absolute atomic E-state index is 14.2. The molecular formula is C58H105N11O11. The Morgan fingerprint density at radius 3 is 1.73 bits per heavy atom. The Kier molecular flexibility index (Phi) is 31.3. The first-order valence-corrected chi connectivity index (χ1v) is 29.2. The Morgan fingerprint density at radius 2 is 1.16 bits per heavy atom. The quantitative estimate of drug-likeness (QED) is 0.0320. The van der Waals surface area contributed by atoms with Gasteiger partial charge in [-0.05, 0) is 125 Å². The van der Waals surface area contributed by atoms with E-state index in [2.05, 4.69) is 54.8 Å². The average molecular weight is 1130 g/mol. The molecule has 1 saturated heterocycles. The van der Waals surface area contributed by atoms with Gasteiger partial charge in [0, 0.05) is 32.1 Å². The van der Waals surface area contributed by atoms with Crippen LogP contribution in [0.2, 0.25) is 0 Å². The van der Waals surface area contributed by atoms with Gasteiger partial charge in [0.15, 0.2) is 0 Å². The summed E-state index contributed by atoms with van der Waals surface area (Å²) in [5.74, 6) is -6.25. The number of amides is 10. The van der Waals surface area contributed by atoms with Gasteiger partial charge in [-0.2, -0.15) is 0 Å². The Balaban J connectivity index is 3.23. The standard InChI is InChI=1S/C58H105N11O11/c1-18-20-21-22-23-24-26-41(61-51(76)44-27-25-32-69(44)46(72)29-28-38(7)19-2)48(73)64-47(40(9)70)52(77)66-57(12,13)54(79)63-42(33-36(3)4)49(74)62-43(34-37(5)6)50(75)65-58(14,15)55(80)67-56(10,11)53(78)59-31-30-45(71)60-39(8)35-68(16)17/h28-29,36-44,47,70H,18-27,30-35H2,1-17H3,(H,59,78)(H,60,71)(H,61,76)(H,62,74)(H,63,79)(H,64,73)(H,65,75)(H,66,77)(H,67,80)/b29-28+/t38-,39?,40+,41-,42?,43-,44-,47-/m0/s1. The maximum atomic E-state index is 14.2. The number of hydrogen-bond acceptors (Lipinski definition) is 12. The molecule has 0 saturated carbocycles. The molecule has 10 amide bonds. The van der Waals surface area contributed by atoms with Crippen LogP contribution in [0.15, 0.2) is 12.2 Å². The smallest absolute Gasteiger partial charge is 0.246 e. The fraction of sp³-hybridized carbons (Fsp3) is 0.793. The van der Waals surface area contributed by atoms with Crippen molar-refractivity contribution in [3.8, 4) is 0 Å². The monoisotopic (exact) mass is 1130 g/mol. The molecule has 1 aliphatic heterocycles. The predicted molar refractivity (Wildman–Crippen MR) is 310 cm³/mol. The molecule has 458 valence electrons. The van der Waals surface area contributed by atoms with Crippen LogP contribution in [0, 0.1) is 17.8 Å². The summed E-state index contributed by atoms with van der Waals surface area (Å²) >= 11 is 0. The summed E-state index contributed by atoms with van der Waals surface area (Å²) in [7, 11) is 3.78. The lowest BCUT2D eigenvalue weighted by Crippen LogP contribution is -2.65. The number of carbonyl (C=O) groups excluding carboxylic acids is 10. The third-order valence-corrected chi connectivity index (χ3v) is 13.9. The van der Waals surface area contributed by atoms with Gasteiger partial charge in [-0.25, -0.2) is 0 Å². The SMILES string of the molecule is CCCCCCCC[C@H](NC(=O)[C@@H]1CCCN1C(=O)/C=C/[C@@H](C)CC)C(=O)N[C@H](C(=O)NC(C)(C)C(=O)NC(CC(C)C)C(=O)N[C@@H](CC(C)C)C(=O)NC(C)(C)C(=O)NC(C)(C)C(=O)NCCC(=O)NC(C)CN(C)C)[C@@H](C)O. The van der Waals surface area contributed by atoms with Crippen LogP contribution in [0.3, 0.4) is 0 Å². The number of nitrogens with zero attached hydrogens (tertiary/aromatic N) is 2. The van der Waals surface area contributed by atoms with E-state index in [4.69, 9.17) is 0 Å². The van der Waals surface area contributed by atoms with Crippen LogP contribution in [0.5, 0.6) is 0 Å². The topological polar surface area (TPSA) is 306 Å². The highest BCUT2D eigenvalue weighted by Crippen LogP contribution is 2.20. The summed E-state index contributed by atoms with van der Waals surface area (Å²) in [5.41, 5.74) is -4.80. The Bertz CT molecular complexity index is 2090. The molecule has 0 aromatic heterocycles. The number of hydrogen-bond donors (Lipinski definition) is 10. The van der Waals surface area contributed by atoms with Crippen molar-refractivity contribution in [3.05, 3.63) is 12.2 Å². The molecule has 0 radical (unpaired) electrons. The molecule has 0 aliphatic carbocycles. The van der Waals surface area contributed by atoms with Crippen molar-refractivity contribution in [3.63, 3.8) is 0 Å². The number of allylic oxidation sites excluding steroid dienone is 1. The summed E-state index contributed by atoms with van der Waals surface area (Å²) in [6, 6.07) is -5.99. The van der Waals surface area contributed by atoms with Crippen molar-refractivity contribution in [2.75, 3.05) is 33.7 Å². The van der Waals surface area contributed by atoms with Crippen LogP contribution < -0.4 is 47.9 Å². The third-order valence-electron chi connectivity index (χ3n) is 13.9. The van der Waals surface area contributed by atoms with Gasteiger partial charge in [0.2, 0.25) is 59.1 Å². The summed E-state index contributed by atoms with van der Waals surface area (Å²) < 4.78 is 0. The number of aliphatic hydroxyl groups is 1. The molecule has 0 bridgehead atoms. The lowest BCUT2D eigenvalue weighted by atomic mass is 9.96. The van der Waals surface area contributed by atoms with E-state index >= 15 is 0 Å². The molecule has 22 nitrogen and oxygen atoms in total. The number of likely N-dealkylation sites (tertiary alicyclic amines) is 1. The van der Waals surface area contributed by atoms with Gasteiger partial charge in [0.25, 0.3) is 0 Å². The number of likely N-dealkylation sites (N-methyl/N-ethyl adjacent to an activating group) is 1. The molecule has 0 spiro atoms. The maximum Gasteiger partial charge on any atom is 0.246 e. The van der Waals surface area contributed by atoms with Gasteiger partial charge >= 0.3 is 0 Å². The normalized spacial score (nSPS) is 16.7. The predicted octanol–water partition coefficient (Wildman–Crippen LogP) is 3.00. The number of aliphatic hydroxyl groups excluding tert-OH is 1. The molecule has 1 rings (SSSR count). The van der Waals surface area contributed by atoms with Crippen molar-refractivity contribution in [2.45, 2.75) is 246 Å². The zero-order valence-corrected chi connectivity index (χ0v) is 51.7. The van der Waals surface area contributed by atoms with Crippen molar-refractivity contribution in [1.29, 1.82) is 0 Å². The molecule has 1 fully saturated rings. The van der Waals surface area contributed by atoms with Crippen LogP contribution in [0.1, 0.15) is 187 Å². The molecular weight excluding hydrogens is 1030 g/mol. The van der Waals surface area contributed by atoms with Gasteiger partial charge in [0.05, 0.1) is 6.10 Å². The number of rotatable bonds is 36. The lowest BCUT2D eigenvalue weighted by Gasteiger charge is -2.34. The van der Waals surface area contributed by atoms with E-state index in [1.807, 2.05) is 73.5 Å². The minimum absolute atomic E-state index is 0.0216.